The Morgan fingerprint density at radius 2 is 1.58 bits per heavy atom. The van der Waals surface area contributed by atoms with Gasteiger partial charge >= 0.3 is 0 Å². The molecule has 6 heteroatoms. The second-order valence-corrected chi connectivity index (χ2v) is 7.87. The molecule has 0 amide bonds. The summed E-state index contributed by atoms with van der Waals surface area (Å²) < 4.78 is 28.7. The highest BCUT2D eigenvalue weighted by Gasteiger charge is 2.34. The minimum Gasteiger partial charge on any atom is -0.328 e. The van der Waals surface area contributed by atoms with Gasteiger partial charge in [-0.1, -0.05) is 12.8 Å². The highest BCUT2D eigenvalue weighted by Crippen LogP contribution is 2.24. The lowest BCUT2D eigenvalue weighted by Crippen LogP contribution is -2.50. The van der Waals surface area contributed by atoms with Crippen LogP contribution in [0.25, 0.3) is 0 Å². The van der Waals surface area contributed by atoms with E-state index < -0.39 is 10.2 Å². The normalized spacial score (nSPS) is 29.9. The Hall–Kier alpha value is -0.170. The summed E-state index contributed by atoms with van der Waals surface area (Å²) in [5.41, 5.74) is 5.94. The van der Waals surface area contributed by atoms with Crippen LogP contribution in [0.15, 0.2) is 0 Å². The standard InChI is InChI=1S/C13H27N3O2S/c1-12(14)13-7-6-10-16(11-13)19(17,18)15-8-4-2-3-5-9-15/h12-13H,2-11,14H2,1H3. The van der Waals surface area contributed by atoms with Gasteiger partial charge in [-0.05, 0) is 38.5 Å². The first-order valence-corrected chi connectivity index (χ1v) is 8.92. The zero-order valence-electron chi connectivity index (χ0n) is 11.9. The molecule has 0 radical (unpaired) electrons. The Balaban J connectivity index is 2.05. The fraction of sp³-hybridized carbons (Fsp3) is 1.00. The van der Waals surface area contributed by atoms with E-state index in [0.29, 0.717) is 32.1 Å². The van der Waals surface area contributed by atoms with Crippen LogP contribution in [0.1, 0.15) is 45.4 Å². The minimum absolute atomic E-state index is 0.0714. The van der Waals surface area contributed by atoms with Crippen molar-refractivity contribution >= 4 is 10.2 Å². The van der Waals surface area contributed by atoms with Crippen LogP contribution in [0.4, 0.5) is 0 Å². The third-order valence-electron chi connectivity index (χ3n) is 4.38. The van der Waals surface area contributed by atoms with Gasteiger partial charge < -0.3 is 5.73 Å². The van der Waals surface area contributed by atoms with Gasteiger partial charge in [-0.3, -0.25) is 0 Å². The molecule has 0 aromatic rings. The van der Waals surface area contributed by atoms with Gasteiger partial charge in [0, 0.05) is 32.2 Å². The maximum absolute atomic E-state index is 12.7. The largest absolute Gasteiger partial charge is 0.328 e. The summed E-state index contributed by atoms with van der Waals surface area (Å²) in [7, 11) is -3.26. The van der Waals surface area contributed by atoms with Crippen LogP contribution in [-0.2, 0) is 10.2 Å². The predicted molar refractivity (Wildman–Crippen MR) is 76.9 cm³/mol. The molecule has 2 unspecified atom stereocenters. The number of hydrogen-bond donors (Lipinski definition) is 1. The molecular weight excluding hydrogens is 262 g/mol. The zero-order chi connectivity index (χ0) is 13.9. The Morgan fingerprint density at radius 3 is 2.16 bits per heavy atom. The Bertz CT molecular complexity index is 375. The monoisotopic (exact) mass is 289 g/mol. The van der Waals surface area contributed by atoms with Crippen molar-refractivity contribution in [1.82, 2.24) is 8.61 Å². The first-order valence-electron chi connectivity index (χ1n) is 7.52. The molecule has 2 rings (SSSR count). The molecule has 2 saturated heterocycles. The molecule has 2 heterocycles. The highest BCUT2D eigenvalue weighted by atomic mass is 32.2. The van der Waals surface area contributed by atoms with E-state index in [-0.39, 0.29) is 6.04 Å². The number of nitrogens with two attached hydrogens (primary N) is 1. The Kier molecular flexibility index (Phi) is 5.22. The number of hydrogen-bond acceptors (Lipinski definition) is 3. The average Bonchev–Trinajstić information content (AvgIpc) is 2.68. The van der Waals surface area contributed by atoms with Gasteiger partial charge in [-0.2, -0.15) is 17.0 Å². The van der Waals surface area contributed by atoms with Gasteiger partial charge in [-0.15, -0.1) is 0 Å². The van der Waals surface area contributed by atoms with Crippen LogP contribution in [0.3, 0.4) is 0 Å². The van der Waals surface area contributed by atoms with E-state index in [9.17, 15) is 8.42 Å². The van der Waals surface area contributed by atoms with E-state index in [1.54, 1.807) is 8.61 Å². The summed E-state index contributed by atoms with van der Waals surface area (Å²) >= 11 is 0. The zero-order valence-corrected chi connectivity index (χ0v) is 12.7. The van der Waals surface area contributed by atoms with Gasteiger partial charge in [0.2, 0.25) is 0 Å². The summed E-state index contributed by atoms with van der Waals surface area (Å²) in [6.45, 7) is 4.59. The van der Waals surface area contributed by atoms with Gasteiger partial charge in [0.05, 0.1) is 0 Å². The maximum Gasteiger partial charge on any atom is 0.281 e. The molecule has 112 valence electrons. The fourth-order valence-electron chi connectivity index (χ4n) is 3.05. The van der Waals surface area contributed by atoms with E-state index in [4.69, 9.17) is 5.73 Å². The SMILES string of the molecule is CC(N)C1CCCN(S(=O)(=O)N2CCCCCC2)C1. The molecule has 0 aliphatic carbocycles. The van der Waals surface area contributed by atoms with Crippen molar-refractivity contribution in [1.29, 1.82) is 0 Å². The van der Waals surface area contributed by atoms with E-state index in [0.717, 1.165) is 38.5 Å². The second-order valence-electron chi connectivity index (χ2n) is 5.94. The number of piperidine rings is 1. The lowest BCUT2D eigenvalue weighted by atomic mass is 9.93. The molecule has 0 spiro atoms. The molecule has 2 fully saturated rings. The minimum atomic E-state index is -3.26. The number of rotatable bonds is 3. The molecule has 2 atom stereocenters. The van der Waals surface area contributed by atoms with E-state index in [1.807, 2.05) is 6.92 Å². The van der Waals surface area contributed by atoms with Crippen LogP contribution in [0.2, 0.25) is 0 Å². The quantitative estimate of drug-likeness (QED) is 0.848. The Labute approximate surface area is 117 Å². The fourth-order valence-corrected chi connectivity index (χ4v) is 4.83. The molecule has 0 bridgehead atoms. The van der Waals surface area contributed by atoms with Crippen molar-refractivity contribution < 1.29 is 8.42 Å². The number of nitrogens with zero attached hydrogens (tertiary/aromatic N) is 2. The smallest absolute Gasteiger partial charge is 0.281 e. The van der Waals surface area contributed by atoms with Crippen molar-refractivity contribution in [2.75, 3.05) is 26.2 Å². The summed E-state index contributed by atoms with van der Waals surface area (Å²) in [5, 5.41) is 0. The summed E-state index contributed by atoms with van der Waals surface area (Å²) in [6.07, 6.45) is 6.25. The average molecular weight is 289 g/mol. The van der Waals surface area contributed by atoms with Crippen molar-refractivity contribution in [3.63, 3.8) is 0 Å². The van der Waals surface area contributed by atoms with E-state index in [2.05, 4.69) is 0 Å². The first-order chi connectivity index (χ1) is 9.01. The summed E-state index contributed by atoms with van der Waals surface area (Å²) in [6, 6.07) is 0.0714. The van der Waals surface area contributed by atoms with Gasteiger partial charge in [-0.25, -0.2) is 0 Å². The first kappa shape index (κ1) is 15.2. The molecular formula is C13H27N3O2S. The molecule has 2 N–H and O–H groups in total. The van der Waals surface area contributed by atoms with Crippen LogP contribution in [0.5, 0.6) is 0 Å². The molecule has 2 aliphatic heterocycles. The lowest BCUT2D eigenvalue weighted by Gasteiger charge is -2.36. The summed E-state index contributed by atoms with van der Waals surface area (Å²) in [4.78, 5) is 0. The van der Waals surface area contributed by atoms with Gasteiger partial charge in [0.25, 0.3) is 10.2 Å². The molecule has 19 heavy (non-hydrogen) atoms. The van der Waals surface area contributed by atoms with Crippen LogP contribution < -0.4 is 5.73 Å². The highest BCUT2D eigenvalue weighted by molar-refractivity contribution is 7.86. The Morgan fingerprint density at radius 1 is 1.00 bits per heavy atom. The lowest BCUT2D eigenvalue weighted by molar-refractivity contribution is 0.228. The van der Waals surface area contributed by atoms with Crippen LogP contribution in [0, 0.1) is 5.92 Å². The van der Waals surface area contributed by atoms with Crippen molar-refractivity contribution in [2.24, 2.45) is 11.7 Å². The topological polar surface area (TPSA) is 66.6 Å². The van der Waals surface area contributed by atoms with Crippen LogP contribution >= 0.6 is 0 Å². The van der Waals surface area contributed by atoms with Gasteiger partial charge in [0.15, 0.2) is 0 Å². The van der Waals surface area contributed by atoms with E-state index in [1.165, 1.54) is 0 Å². The van der Waals surface area contributed by atoms with Crippen molar-refractivity contribution in [3.8, 4) is 0 Å². The second kappa shape index (κ2) is 6.52. The molecule has 0 aromatic carbocycles. The molecule has 0 saturated carbocycles. The third kappa shape index (κ3) is 3.68. The maximum atomic E-state index is 12.7. The summed E-state index contributed by atoms with van der Waals surface area (Å²) in [5.74, 6) is 0.301. The predicted octanol–water partition coefficient (Wildman–Crippen LogP) is 1.17. The van der Waals surface area contributed by atoms with Crippen molar-refractivity contribution in [3.05, 3.63) is 0 Å². The van der Waals surface area contributed by atoms with Crippen LogP contribution in [-0.4, -0.2) is 49.2 Å². The molecule has 2 aliphatic rings. The van der Waals surface area contributed by atoms with Gasteiger partial charge in [0.1, 0.15) is 0 Å². The van der Waals surface area contributed by atoms with E-state index >= 15 is 0 Å². The third-order valence-corrected chi connectivity index (χ3v) is 6.38. The van der Waals surface area contributed by atoms with Crippen molar-refractivity contribution in [2.45, 2.75) is 51.5 Å². The molecule has 5 nitrogen and oxygen atoms in total. The molecule has 0 aromatic heterocycles.